The van der Waals surface area contributed by atoms with Crippen LogP contribution in [0.5, 0.6) is 0 Å². The normalized spacial score (nSPS) is 11.8. The molecule has 63 heavy (non-hydrogen) atoms. The van der Waals surface area contributed by atoms with Crippen molar-refractivity contribution in [1.29, 1.82) is 0 Å². The summed E-state index contributed by atoms with van der Waals surface area (Å²) in [6, 6.07) is 71.4. The maximum atomic E-state index is 6.66. The van der Waals surface area contributed by atoms with E-state index in [1.165, 1.54) is 21.9 Å². The van der Waals surface area contributed by atoms with Crippen molar-refractivity contribution in [3.8, 4) is 62.1 Å². The number of fused-ring (bicyclic) bond motifs is 9. The zero-order valence-corrected chi connectivity index (χ0v) is 33.7. The van der Waals surface area contributed by atoms with Crippen molar-refractivity contribution < 1.29 is 8.83 Å². The highest BCUT2D eigenvalue weighted by atomic mass is 16.3. The highest BCUT2D eigenvalue weighted by molar-refractivity contribution is 6.18. The second-order valence-electron chi connectivity index (χ2n) is 15.9. The fourth-order valence-corrected chi connectivity index (χ4v) is 9.45. The van der Waals surface area contributed by atoms with Gasteiger partial charge in [0.1, 0.15) is 22.3 Å². The number of para-hydroxylation sites is 2. The first-order valence-corrected chi connectivity index (χ1v) is 21.1. The van der Waals surface area contributed by atoms with Crippen LogP contribution in [0.1, 0.15) is 0 Å². The third kappa shape index (κ3) is 5.62. The number of hydrogen-bond acceptors (Lipinski definition) is 5. The van der Waals surface area contributed by atoms with E-state index in [1.54, 1.807) is 0 Å². The Bertz CT molecular complexity index is 3870. The maximum Gasteiger partial charge on any atom is 0.164 e. The van der Waals surface area contributed by atoms with Gasteiger partial charge in [0.2, 0.25) is 0 Å². The van der Waals surface area contributed by atoms with Gasteiger partial charge in [0.15, 0.2) is 17.5 Å². The molecule has 294 valence electrons. The van der Waals surface area contributed by atoms with Crippen molar-refractivity contribution in [3.05, 3.63) is 206 Å². The molecule has 0 unspecified atom stereocenters. The number of aromatic nitrogens is 4. The molecule has 0 saturated carbocycles. The zero-order valence-electron chi connectivity index (χ0n) is 33.7. The van der Waals surface area contributed by atoms with Crippen molar-refractivity contribution in [1.82, 2.24) is 19.5 Å². The molecule has 0 aliphatic carbocycles. The summed E-state index contributed by atoms with van der Waals surface area (Å²) in [6.45, 7) is 0. The maximum absolute atomic E-state index is 6.66. The van der Waals surface area contributed by atoms with Crippen LogP contribution in [0.3, 0.4) is 0 Å². The summed E-state index contributed by atoms with van der Waals surface area (Å²) in [4.78, 5) is 15.6. The third-order valence-corrected chi connectivity index (χ3v) is 12.3. The largest absolute Gasteiger partial charge is 0.456 e. The summed E-state index contributed by atoms with van der Waals surface area (Å²) in [6.07, 6.45) is 0. The van der Waals surface area contributed by atoms with Crippen molar-refractivity contribution >= 4 is 65.7 Å². The molecular weight excluding hydrogens is 773 g/mol. The van der Waals surface area contributed by atoms with Gasteiger partial charge in [-0.25, -0.2) is 15.0 Å². The fraction of sp³-hybridized carbons (Fsp3) is 0. The average molecular weight is 807 g/mol. The lowest BCUT2D eigenvalue weighted by Gasteiger charge is -2.12. The third-order valence-electron chi connectivity index (χ3n) is 12.3. The van der Waals surface area contributed by atoms with Crippen LogP contribution >= 0.6 is 0 Å². The van der Waals surface area contributed by atoms with E-state index in [2.05, 4.69) is 150 Å². The van der Waals surface area contributed by atoms with Gasteiger partial charge < -0.3 is 13.4 Å². The summed E-state index contributed by atoms with van der Waals surface area (Å²) < 4.78 is 15.6. The van der Waals surface area contributed by atoms with Gasteiger partial charge in [0.25, 0.3) is 0 Å². The minimum absolute atomic E-state index is 0.546. The quantitative estimate of drug-likeness (QED) is 0.167. The van der Waals surface area contributed by atoms with Gasteiger partial charge in [-0.3, -0.25) is 0 Å². The molecule has 0 atom stereocenters. The molecule has 4 heterocycles. The van der Waals surface area contributed by atoms with Crippen LogP contribution in [0.15, 0.2) is 215 Å². The van der Waals surface area contributed by atoms with Gasteiger partial charge in [-0.1, -0.05) is 152 Å². The lowest BCUT2D eigenvalue weighted by molar-refractivity contribution is 0.668. The number of furan rings is 2. The lowest BCUT2D eigenvalue weighted by Crippen LogP contribution is -2.00. The standard InChI is InChI=1S/C57H34N4O2/c1-3-15-35(16-4-1)37-19-11-20-38(33-37)40-23-12-28-48-52(40)43-32-31-39(34-51(43)63-48)56-58-55(36-17-5-2-6-18-36)59-57(60-56)44-24-13-29-49-53(44)54-47(27-14-30-50(54)62-49)61-45-25-9-7-21-41(45)42-22-8-10-26-46(42)61/h1-34H. The van der Waals surface area contributed by atoms with Crippen LogP contribution in [0, 0.1) is 0 Å². The van der Waals surface area contributed by atoms with Crippen molar-refractivity contribution in [2.24, 2.45) is 0 Å². The van der Waals surface area contributed by atoms with Crippen LogP contribution in [0.25, 0.3) is 128 Å². The highest BCUT2D eigenvalue weighted by Crippen LogP contribution is 2.43. The van der Waals surface area contributed by atoms with Gasteiger partial charge in [-0.2, -0.15) is 0 Å². The Morgan fingerprint density at radius 2 is 0.841 bits per heavy atom. The van der Waals surface area contributed by atoms with E-state index in [-0.39, 0.29) is 0 Å². The first-order chi connectivity index (χ1) is 31.2. The molecule has 0 amide bonds. The predicted molar refractivity (Wildman–Crippen MR) is 256 cm³/mol. The molecular formula is C57H34N4O2. The lowest BCUT2D eigenvalue weighted by atomic mass is 9.96. The molecule has 6 heteroatoms. The van der Waals surface area contributed by atoms with Crippen LogP contribution in [0.2, 0.25) is 0 Å². The minimum atomic E-state index is 0.546. The summed E-state index contributed by atoms with van der Waals surface area (Å²) >= 11 is 0. The van der Waals surface area contributed by atoms with Gasteiger partial charge in [0.05, 0.1) is 22.1 Å². The van der Waals surface area contributed by atoms with E-state index >= 15 is 0 Å². The van der Waals surface area contributed by atoms with Crippen molar-refractivity contribution in [2.45, 2.75) is 0 Å². The molecule has 4 aromatic heterocycles. The van der Waals surface area contributed by atoms with Crippen LogP contribution in [-0.4, -0.2) is 19.5 Å². The Morgan fingerprint density at radius 1 is 0.302 bits per heavy atom. The average Bonchev–Trinajstić information content (AvgIpc) is 4.04. The Labute approximate surface area is 361 Å². The van der Waals surface area contributed by atoms with E-state index < -0.39 is 0 Å². The van der Waals surface area contributed by atoms with Crippen molar-refractivity contribution in [3.63, 3.8) is 0 Å². The molecule has 0 N–H and O–H groups in total. The first-order valence-electron chi connectivity index (χ1n) is 21.1. The Morgan fingerprint density at radius 3 is 1.59 bits per heavy atom. The second kappa shape index (κ2) is 14.0. The van der Waals surface area contributed by atoms with E-state index in [0.717, 1.165) is 88.4 Å². The topological polar surface area (TPSA) is 69.9 Å². The monoisotopic (exact) mass is 806 g/mol. The van der Waals surface area contributed by atoms with Gasteiger partial charge in [-0.15, -0.1) is 0 Å². The second-order valence-corrected chi connectivity index (χ2v) is 15.9. The molecule has 13 rings (SSSR count). The predicted octanol–water partition coefficient (Wildman–Crippen LogP) is 15.1. The Hall–Kier alpha value is -8.61. The highest BCUT2D eigenvalue weighted by Gasteiger charge is 2.23. The molecule has 0 fully saturated rings. The van der Waals surface area contributed by atoms with Crippen LogP contribution in [-0.2, 0) is 0 Å². The van der Waals surface area contributed by atoms with E-state index in [0.29, 0.717) is 17.5 Å². The molecule has 13 aromatic rings. The molecule has 0 aliphatic heterocycles. The molecule has 0 saturated heterocycles. The number of benzene rings is 9. The van der Waals surface area contributed by atoms with Gasteiger partial charge in [-0.05, 0) is 76.9 Å². The summed E-state index contributed by atoms with van der Waals surface area (Å²) in [5.74, 6) is 1.67. The van der Waals surface area contributed by atoms with Crippen LogP contribution < -0.4 is 0 Å². The number of nitrogens with zero attached hydrogens (tertiary/aromatic N) is 4. The van der Waals surface area contributed by atoms with Crippen molar-refractivity contribution in [2.75, 3.05) is 0 Å². The summed E-state index contributed by atoms with van der Waals surface area (Å²) in [5.41, 5.74) is 13.6. The summed E-state index contributed by atoms with van der Waals surface area (Å²) in [7, 11) is 0. The molecule has 0 spiro atoms. The SMILES string of the molecule is c1ccc(-c2cccc(-c3cccc4oc5cc(-c6nc(-c7ccccc7)nc(-c7cccc8oc9cccc(-n%10c%11ccccc%11c%11ccccc%11%10)c9c78)n6)ccc5c34)c2)cc1. The van der Waals surface area contributed by atoms with Gasteiger partial charge in [0, 0.05) is 43.6 Å². The first kappa shape index (κ1) is 35.2. The van der Waals surface area contributed by atoms with E-state index in [9.17, 15) is 0 Å². The van der Waals surface area contributed by atoms with Gasteiger partial charge >= 0.3 is 0 Å². The zero-order chi connectivity index (χ0) is 41.4. The van der Waals surface area contributed by atoms with E-state index in [4.69, 9.17) is 23.8 Å². The molecule has 0 radical (unpaired) electrons. The number of hydrogen-bond donors (Lipinski definition) is 0. The summed E-state index contributed by atoms with van der Waals surface area (Å²) in [5, 5.41) is 6.43. The van der Waals surface area contributed by atoms with Crippen LogP contribution in [0.4, 0.5) is 0 Å². The minimum Gasteiger partial charge on any atom is -0.456 e. The Balaban J connectivity index is 1.00. The molecule has 9 aromatic carbocycles. The number of rotatable bonds is 6. The van der Waals surface area contributed by atoms with E-state index in [1.807, 2.05) is 60.7 Å². The molecule has 6 nitrogen and oxygen atoms in total. The molecule has 0 bridgehead atoms. The molecule has 0 aliphatic rings. The Kier molecular flexibility index (Phi) is 7.80. The smallest absolute Gasteiger partial charge is 0.164 e. The fourth-order valence-electron chi connectivity index (χ4n) is 9.45.